The summed E-state index contributed by atoms with van der Waals surface area (Å²) in [6.45, 7) is 3.93. The number of aryl methyl sites for hydroxylation is 2. The van der Waals surface area contributed by atoms with Gasteiger partial charge in [0.2, 0.25) is 0 Å². The second-order valence-corrected chi connectivity index (χ2v) is 6.06. The van der Waals surface area contributed by atoms with Crippen LogP contribution in [0.5, 0.6) is 0 Å². The normalized spacial score (nSPS) is 11.2. The fourth-order valence-electron chi connectivity index (χ4n) is 2.84. The van der Waals surface area contributed by atoms with Crippen molar-refractivity contribution in [1.29, 1.82) is 0 Å². The molecule has 128 valence electrons. The van der Waals surface area contributed by atoms with Crippen molar-refractivity contribution >= 4 is 27.7 Å². The Hall–Kier alpha value is -3.61. The molecule has 0 aliphatic heterocycles. The highest BCUT2D eigenvalue weighted by atomic mass is 16.6. The molecule has 0 aliphatic rings. The van der Waals surface area contributed by atoms with E-state index in [1.54, 1.807) is 6.07 Å². The molecule has 2 heterocycles. The van der Waals surface area contributed by atoms with E-state index in [1.807, 2.05) is 26.0 Å². The number of aromatic nitrogens is 2. The zero-order valence-corrected chi connectivity index (χ0v) is 14.0. The molecule has 0 atom stereocenters. The topological polar surface area (TPSA) is 99.1 Å². The van der Waals surface area contributed by atoms with E-state index in [-0.39, 0.29) is 16.8 Å². The van der Waals surface area contributed by atoms with Crippen molar-refractivity contribution in [3.8, 4) is 11.3 Å². The quantitative estimate of drug-likeness (QED) is 0.309. The monoisotopic (exact) mass is 347 g/mol. The number of non-ortho nitro benzene ring substituents is 1. The minimum atomic E-state index is -0.565. The second kappa shape index (κ2) is 5.73. The minimum Gasteiger partial charge on any atom is -0.422 e. The molecule has 0 spiro atoms. The van der Waals surface area contributed by atoms with Gasteiger partial charge in [-0.2, -0.15) is 0 Å². The molecule has 0 fully saturated rings. The number of benzene rings is 2. The average Bonchev–Trinajstić information content (AvgIpc) is 2.63. The second-order valence-electron chi connectivity index (χ2n) is 6.06. The number of fused-ring (bicyclic) bond motifs is 2. The Labute approximate surface area is 147 Å². The van der Waals surface area contributed by atoms with Crippen molar-refractivity contribution in [2.45, 2.75) is 13.8 Å². The van der Waals surface area contributed by atoms with Gasteiger partial charge in [-0.1, -0.05) is 6.07 Å². The standard InChI is InChI=1S/C19H13N3O4/c1-10-3-5-15-18(11(10)2)21-16(9-20-15)14-8-12-7-13(22(24)25)4-6-17(12)26-19(14)23/h3-9H,1-2H3. The lowest BCUT2D eigenvalue weighted by atomic mass is 10.1. The summed E-state index contributed by atoms with van der Waals surface area (Å²) in [4.78, 5) is 31.8. The molecule has 4 rings (SSSR count). The molecular formula is C19H13N3O4. The molecule has 0 radical (unpaired) electrons. The van der Waals surface area contributed by atoms with Crippen LogP contribution in [0.2, 0.25) is 0 Å². The summed E-state index contributed by atoms with van der Waals surface area (Å²) in [7, 11) is 0. The van der Waals surface area contributed by atoms with Crippen LogP contribution in [0.15, 0.2) is 51.8 Å². The van der Waals surface area contributed by atoms with Crippen molar-refractivity contribution in [2.75, 3.05) is 0 Å². The Balaban J connectivity index is 1.97. The molecule has 7 nitrogen and oxygen atoms in total. The fourth-order valence-corrected chi connectivity index (χ4v) is 2.84. The first-order chi connectivity index (χ1) is 12.4. The van der Waals surface area contributed by atoms with Crippen molar-refractivity contribution in [3.05, 3.63) is 74.3 Å². The lowest BCUT2D eigenvalue weighted by Crippen LogP contribution is -2.05. The van der Waals surface area contributed by atoms with Crippen molar-refractivity contribution in [2.24, 2.45) is 0 Å². The summed E-state index contributed by atoms with van der Waals surface area (Å²) in [5.74, 6) is 0. The van der Waals surface area contributed by atoms with Crippen LogP contribution < -0.4 is 5.63 Å². The van der Waals surface area contributed by atoms with Gasteiger partial charge in [-0.15, -0.1) is 0 Å². The Morgan fingerprint density at radius 3 is 2.69 bits per heavy atom. The minimum absolute atomic E-state index is 0.0756. The van der Waals surface area contributed by atoms with E-state index < -0.39 is 10.5 Å². The van der Waals surface area contributed by atoms with Crippen molar-refractivity contribution in [3.63, 3.8) is 0 Å². The smallest absolute Gasteiger partial charge is 0.345 e. The Morgan fingerprint density at radius 1 is 1.12 bits per heavy atom. The molecule has 0 aliphatic carbocycles. The highest BCUT2D eigenvalue weighted by Gasteiger charge is 2.14. The molecule has 0 N–H and O–H groups in total. The van der Waals surface area contributed by atoms with Gasteiger partial charge < -0.3 is 4.42 Å². The first-order valence-electron chi connectivity index (χ1n) is 7.89. The molecule has 26 heavy (non-hydrogen) atoms. The van der Waals surface area contributed by atoms with Crippen LogP contribution >= 0.6 is 0 Å². The first-order valence-corrected chi connectivity index (χ1v) is 7.89. The van der Waals surface area contributed by atoms with E-state index in [9.17, 15) is 14.9 Å². The van der Waals surface area contributed by atoms with Gasteiger partial charge in [-0.25, -0.2) is 9.78 Å². The van der Waals surface area contributed by atoms with E-state index in [4.69, 9.17) is 4.42 Å². The fraction of sp³-hybridized carbons (Fsp3) is 0.105. The summed E-state index contributed by atoms with van der Waals surface area (Å²) in [5.41, 5.74) is 3.73. The van der Waals surface area contributed by atoms with E-state index in [1.165, 1.54) is 24.4 Å². The van der Waals surface area contributed by atoms with Gasteiger partial charge >= 0.3 is 5.63 Å². The van der Waals surface area contributed by atoms with Gasteiger partial charge in [0.05, 0.1) is 33.4 Å². The van der Waals surface area contributed by atoms with Crippen LogP contribution in [0.1, 0.15) is 11.1 Å². The molecular weight excluding hydrogens is 334 g/mol. The van der Waals surface area contributed by atoms with Crippen LogP contribution in [-0.4, -0.2) is 14.9 Å². The Morgan fingerprint density at radius 2 is 1.92 bits per heavy atom. The van der Waals surface area contributed by atoms with Gasteiger partial charge in [0.25, 0.3) is 5.69 Å². The van der Waals surface area contributed by atoms with Crippen molar-refractivity contribution < 1.29 is 9.34 Å². The van der Waals surface area contributed by atoms with Crippen LogP contribution in [0.25, 0.3) is 33.3 Å². The van der Waals surface area contributed by atoms with Crippen LogP contribution in [0, 0.1) is 24.0 Å². The number of nitrogens with zero attached hydrogens (tertiary/aromatic N) is 3. The van der Waals surface area contributed by atoms with Crippen LogP contribution in [0.3, 0.4) is 0 Å². The summed E-state index contributed by atoms with van der Waals surface area (Å²) in [5, 5.41) is 11.4. The maximum absolute atomic E-state index is 12.4. The molecule has 0 unspecified atom stereocenters. The molecule has 4 aromatic rings. The van der Waals surface area contributed by atoms with Crippen molar-refractivity contribution in [1.82, 2.24) is 9.97 Å². The van der Waals surface area contributed by atoms with E-state index >= 15 is 0 Å². The Bertz CT molecular complexity index is 1260. The van der Waals surface area contributed by atoms with Gasteiger partial charge in [0, 0.05) is 17.5 Å². The molecule has 0 bridgehead atoms. The Kier molecular flexibility index (Phi) is 3.50. The maximum Gasteiger partial charge on any atom is 0.345 e. The summed E-state index contributed by atoms with van der Waals surface area (Å²) >= 11 is 0. The third-order valence-corrected chi connectivity index (χ3v) is 4.44. The largest absolute Gasteiger partial charge is 0.422 e. The predicted molar refractivity (Wildman–Crippen MR) is 97.1 cm³/mol. The average molecular weight is 347 g/mol. The SMILES string of the molecule is Cc1ccc2ncc(-c3cc4cc([N+](=O)[O-])ccc4oc3=O)nc2c1C. The highest BCUT2D eigenvalue weighted by Crippen LogP contribution is 2.25. The van der Waals surface area contributed by atoms with Gasteiger partial charge in [-0.05, 0) is 43.2 Å². The number of hydrogen-bond donors (Lipinski definition) is 0. The zero-order chi connectivity index (χ0) is 18.4. The molecule has 2 aromatic heterocycles. The maximum atomic E-state index is 12.4. The lowest BCUT2D eigenvalue weighted by Gasteiger charge is -2.07. The lowest BCUT2D eigenvalue weighted by molar-refractivity contribution is -0.384. The van der Waals surface area contributed by atoms with Gasteiger partial charge in [0.15, 0.2) is 0 Å². The van der Waals surface area contributed by atoms with Crippen LogP contribution in [-0.2, 0) is 0 Å². The third kappa shape index (κ3) is 2.50. The number of hydrogen-bond acceptors (Lipinski definition) is 6. The van der Waals surface area contributed by atoms with Gasteiger partial charge in [0.1, 0.15) is 5.58 Å². The molecule has 7 heteroatoms. The summed E-state index contributed by atoms with van der Waals surface area (Å²) in [6.07, 6.45) is 1.51. The predicted octanol–water partition coefficient (Wildman–Crippen LogP) is 3.93. The van der Waals surface area contributed by atoms with E-state index in [0.717, 1.165) is 16.6 Å². The first kappa shape index (κ1) is 15.9. The summed E-state index contributed by atoms with van der Waals surface area (Å²) in [6, 6.07) is 9.47. The van der Waals surface area contributed by atoms with E-state index in [2.05, 4.69) is 9.97 Å². The van der Waals surface area contributed by atoms with Gasteiger partial charge in [-0.3, -0.25) is 15.1 Å². The molecule has 0 saturated carbocycles. The third-order valence-electron chi connectivity index (χ3n) is 4.44. The number of rotatable bonds is 2. The summed E-state index contributed by atoms with van der Waals surface area (Å²) < 4.78 is 5.30. The highest BCUT2D eigenvalue weighted by molar-refractivity contribution is 5.85. The number of nitro groups is 1. The molecule has 0 amide bonds. The number of nitro benzene ring substituents is 1. The van der Waals surface area contributed by atoms with E-state index in [0.29, 0.717) is 16.6 Å². The van der Waals surface area contributed by atoms with Crippen LogP contribution in [0.4, 0.5) is 5.69 Å². The molecule has 2 aromatic carbocycles. The zero-order valence-electron chi connectivity index (χ0n) is 14.0. The molecule has 0 saturated heterocycles.